The lowest BCUT2D eigenvalue weighted by atomic mass is 10.1. The number of benzene rings is 1. The number of aromatic nitrogens is 1. The second kappa shape index (κ2) is 8.80. The van der Waals surface area contributed by atoms with Crippen molar-refractivity contribution in [1.82, 2.24) is 15.2 Å². The van der Waals surface area contributed by atoms with Gasteiger partial charge in [0.1, 0.15) is 5.76 Å². The van der Waals surface area contributed by atoms with Gasteiger partial charge in [-0.25, -0.2) is 0 Å². The lowest BCUT2D eigenvalue weighted by Gasteiger charge is -2.17. The number of furan rings is 1. The molecule has 27 heavy (non-hydrogen) atoms. The Bertz CT molecular complexity index is 892. The molecule has 6 nitrogen and oxygen atoms in total. The highest BCUT2D eigenvalue weighted by molar-refractivity contribution is 5.99. The van der Waals surface area contributed by atoms with Crippen LogP contribution < -0.4 is 5.32 Å². The predicted molar refractivity (Wildman–Crippen MR) is 101 cm³/mol. The SMILES string of the molecule is CN(CCc1ccncc1)C(=O)c1cccc(C(=O)NCc2ccco2)c1. The molecule has 0 saturated heterocycles. The number of hydrogen-bond acceptors (Lipinski definition) is 4. The van der Waals surface area contributed by atoms with E-state index < -0.39 is 0 Å². The van der Waals surface area contributed by atoms with Crippen LogP contribution in [0.25, 0.3) is 0 Å². The van der Waals surface area contributed by atoms with Crippen LogP contribution in [-0.2, 0) is 13.0 Å². The number of carbonyl (C=O) groups excluding carboxylic acids is 2. The highest BCUT2D eigenvalue weighted by Gasteiger charge is 2.14. The molecule has 0 spiro atoms. The minimum Gasteiger partial charge on any atom is -0.467 e. The van der Waals surface area contributed by atoms with Gasteiger partial charge < -0.3 is 14.6 Å². The summed E-state index contributed by atoms with van der Waals surface area (Å²) in [6.07, 6.45) is 5.78. The number of carbonyl (C=O) groups is 2. The van der Waals surface area contributed by atoms with E-state index in [1.807, 2.05) is 12.1 Å². The van der Waals surface area contributed by atoms with Gasteiger partial charge in [0.25, 0.3) is 11.8 Å². The Morgan fingerprint density at radius 3 is 2.59 bits per heavy atom. The van der Waals surface area contributed by atoms with Crippen LogP contribution in [0, 0.1) is 0 Å². The minimum atomic E-state index is -0.250. The molecule has 0 bridgehead atoms. The first-order valence-corrected chi connectivity index (χ1v) is 8.68. The quantitative estimate of drug-likeness (QED) is 0.700. The molecular formula is C21H21N3O3. The maximum Gasteiger partial charge on any atom is 0.253 e. The van der Waals surface area contributed by atoms with Gasteiger partial charge in [0.15, 0.2) is 0 Å². The number of hydrogen-bond donors (Lipinski definition) is 1. The van der Waals surface area contributed by atoms with Crippen LogP contribution in [0.4, 0.5) is 0 Å². The number of nitrogens with one attached hydrogen (secondary N) is 1. The predicted octanol–water partition coefficient (Wildman–Crippen LogP) is 2.92. The van der Waals surface area contributed by atoms with Crippen molar-refractivity contribution in [2.75, 3.05) is 13.6 Å². The third kappa shape index (κ3) is 5.04. The van der Waals surface area contributed by atoms with E-state index in [4.69, 9.17) is 4.42 Å². The van der Waals surface area contributed by atoms with E-state index in [9.17, 15) is 9.59 Å². The second-order valence-electron chi connectivity index (χ2n) is 6.18. The van der Waals surface area contributed by atoms with Crippen molar-refractivity contribution >= 4 is 11.8 Å². The molecule has 0 fully saturated rings. The molecule has 0 unspecified atom stereocenters. The molecule has 0 radical (unpaired) electrons. The van der Waals surface area contributed by atoms with Crippen LogP contribution in [0.5, 0.6) is 0 Å². The Morgan fingerprint density at radius 1 is 1.07 bits per heavy atom. The van der Waals surface area contributed by atoms with E-state index in [0.717, 1.165) is 12.0 Å². The Hall–Kier alpha value is -3.41. The first-order chi connectivity index (χ1) is 13.1. The fraction of sp³-hybridized carbons (Fsp3) is 0.190. The molecule has 0 saturated carbocycles. The normalized spacial score (nSPS) is 10.4. The van der Waals surface area contributed by atoms with E-state index in [0.29, 0.717) is 30.0 Å². The van der Waals surface area contributed by atoms with Crippen molar-refractivity contribution in [3.8, 4) is 0 Å². The number of rotatable bonds is 7. The van der Waals surface area contributed by atoms with Crippen molar-refractivity contribution in [3.63, 3.8) is 0 Å². The summed E-state index contributed by atoms with van der Waals surface area (Å²) in [5.41, 5.74) is 2.04. The van der Waals surface area contributed by atoms with Gasteiger partial charge in [-0.15, -0.1) is 0 Å². The number of pyridine rings is 1. The fourth-order valence-corrected chi connectivity index (χ4v) is 2.64. The van der Waals surface area contributed by atoms with Gasteiger partial charge in [-0.1, -0.05) is 6.07 Å². The molecule has 2 heterocycles. The van der Waals surface area contributed by atoms with E-state index in [1.165, 1.54) is 0 Å². The Labute approximate surface area is 157 Å². The van der Waals surface area contributed by atoms with Gasteiger partial charge in [0.2, 0.25) is 0 Å². The zero-order chi connectivity index (χ0) is 19.1. The van der Waals surface area contributed by atoms with Crippen LogP contribution in [0.1, 0.15) is 32.0 Å². The van der Waals surface area contributed by atoms with Gasteiger partial charge in [0.05, 0.1) is 12.8 Å². The van der Waals surface area contributed by atoms with Crippen molar-refractivity contribution in [3.05, 3.63) is 89.6 Å². The molecule has 138 valence electrons. The molecule has 0 aliphatic carbocycles. The van der Waals surface area contributed by atoms with Gasteiger partial charge in [-0.3, -0.25) is 14.6 Å². The maximum absolute atomic E-state index is 12.7. The third-order valence-corrected chi connectivity index (χ3v) is 4.21. The lowest BCUT2D eigenvalue weighted by Crippen LogP contribution is -2.29. The summed E-state index contributed by atoms with van der Waals surface area (Å²) in [6, 6.07) is 14.2. The Balaban J connectivity index is 1.59. The molecule has 2 amide bonds. The average Bonchev–Trinajstić information content (AvgIpc) is 3.24. The fourth-order valence-electron chi connectivity index (χ4n) is 2.64. The summed E-state index contributed by atoms with van der Waals surface area (Å²) in [4.78, 5) is 30.6. The van der Waals surface area contributed by atoms with Crippen LogP contribution in [0.15, 0.2) is 71.6 Å². The molecule has 2 aromatic heterocycles. The molecule has 1 aromatic carbocycles. The monoisotopic (exact) mass is 363 g/mol. The number of amides is 2. The topological polar surface area (TPSA) is 75.4 Å². The van der Waals surface area contributed by atoms with Gasteiger partial charge in [-0.05, 0) is 54.4 Å². The summed E-state index contributed by atoms with van der Waals surface area (Å²) in [5.74, 6) is 0.302. The summed E-state index contributed by atoms with van der Waals surface area (Å²) >= 11 is 0. The van der Waals surface area contributed by atoms with Crippen LogP contribution in [0.3, 0.4) is 0 Å². The summed E-state index contributed by atoms with van der Waals surface area (Å²) in [6.45, 7) is 0.883. The first-order valence-electron chi connectivity index (χ1n) is 8.68. The van der Waals surface area contributed by atoms with Crippen LogP contribution in [-0.4, -0.2) is 35.3 Å². The van der Waals surface area contributed by atoms with E-state index in [2.05, 4.69) is 10.3 Å². The van der Waals surface area contributed by atoms with Crippen LogP contribution >= 0.6 is 0 Å². The van der Waals surface area contributed by atoms with Gasteiger partial charge >= 0.3 is 0 Å². The molecule has 6 heteroatoms. The second-order valence-corrected chi connectivity index (χ2v) is 6.18. The van der Waals surface area contributed by atoms with Crippen molar-refractivity contribution in [2.24, 2.45) is 0 Å². The molecule has 0 aliphatic heterocycles. The minimum absolute atomic E-state index is 0.121. The molecule has 0 atom stereocenters. The Kier molecular flexibility index (Phi) is 5.99. The molecule has 1 N–H and O–H groups in total. The smallest absolute Gasteiger partial charge is 0.253 e. The summed E-state index contributed by atoms with van der Waals surface area (Å²) < 4.78 is 5.20. The summed E-state index contributed by atoms with van der Waals surface area (Å²) in [7, 11) is 1.76. The van der Waals surface area contributed by atoms with Crippen molar-refractivity contribution in [2.45, 2.75) is 13.0 Å². The van der Waals surface area contributed by atoms with Gasteiger partial charge in [-0.2, -0.15) is 0 Å². The molecule has 3 rings (SSSR count). The van der Waals surface area contributed by atoms with Crippen molar-refractivity contribution in [1.29, 1.82) is 0 Å². The molecule has 0 aliphatic rings. The number of likely N-dealkylation sites (N-methyl/N-ethyl adjacent to an activating group) is 1. The zero-order valence-electron chi connectivity index (χ0n) is 15.1. The zero-order valence-corrected chi connectivity index (χ0v) is 15.1. The highest BCUT2D eigenvalue weighted by atomic mass is 16.3. The van der Waals surface area contributed by atoms with E-state index in [-0.39, 0.29) is 11.8 Å². The van der Waals surface area contributed by atoms with Crippen molar-refractivity contribution < 1.29 is 14.0 Å². The first kappa shape index (κ1) is 18.4. The van der Waals surface area contributed by atoms with E-state index >= 15 is 0 Å². The van der Waals surface area contributed by atoms with Gasteiger partial charge in [0, 0.05) is 37.1 Å². The third-order valence-electron chi connectivity index (χ3n) is 4.21. The standard InChI is InChI=1S/C21H21N3O3/c1-24(12-9-16-7-10-22-11-8-16)21(26)18-5-2-4-17(14-18)20(25)23-15-19-6-3-13-27-19/h2-8,10-11,13-14H,9,12,15H2,1H3,(H,23,25). The average molecular weight is 363 g/mol. The maximum atomic E-state index is 12.7. The Morgan fingerprint density at radius 2 is 1.85 bits per heavy atom. The molecule has 3 aromatic rings. The highest BCUT2D eigenvalue weighted by Crippen LogP contribution is 2.10. The van der Waals surface area contributed by atoms with E-state index in [1.54, 1.807) is 67.0 Å². The lowest BCUT2D eigenvalue weighted by molar-refractivity contribution is 0.0796. The largest absolute Gasteiger partial charge is 0.467 e. The van der Waals surface area contributed by atoms with Crippen LogP contribution in [0.2, 0.25) is 0 Å². The number of nitrogens with zero attached hydrogens (tertiary/aromatic N) is 2. The summed E-state index contributed by atoms with van der Waals surface area (Å²) in [5, 5.41) is 2.78. The molecular weight excluding hydrogens is 342 g/mol.